The van der Waals surface area contributed by atoms with E-state index < -0.39 is 0 Å². The number of hydrogen-bond acceptors (Lipinski definition) is 5. The predicted octanol–water partition coefficient (Wildman–Crippen LogP) is 6.24. The maximum Gasteiger partial charge on any atom is 0.279 e. The van der Waals surface area contributed by atoms with Crippen LogP contribution in [-0.2, 0) is 4.79 Å². The molecule has 1 N–H and O–H groups in total. The Kier molecular flexibility index (Phi) is 5.16. The van der Waals surface area contributed by atoms with Crippen molar-refractivity contribution in [1.82, 2.24) is 0 Å². The molecular formula is C24H19BrN4OS. The predicted molar refractivity (Wildman–Crippen MR) is 131 cm³/mol. The summed E-state index contributed by atoms with van der Waals surface area (Å²) in [5.74, 6) is -0.118. The second kappa shape index (κ2) is 7.98. The molecule has 3 aromatic carbocycles. The van der Waals surface area contributed by atoms with Crippen LogP contribution in [0, 0.1) is 0 Å². The molecule has 2 aliphatic heterocycles. The number of amides is 1. The number of carbonyl (C=O) groups is 1. The molecule has 0 fully saturated rings. The quantitative estimate of drug-likeness (QED) is 0.273. The number of benzene rings is 3. The Morgan fingerprint density at radius 2 is 1.87 bits per heavy atom. The molecular weight excluding hydrogens is 472 g/mol. The molecule has 0 saturated carbocycles. The number of rotatable bonds is 3. The molecule has 0 spiro atoms. The standard InChI is InChI=1S/C24H19BrN4OS/c1-3-29-20-10-9-16(25)13-17(20)23(24(29)30)28-27-14(2)15-8-11-22-19(12-15)26-18-6-4-5-7-21(18)31-22/h4-13,26H,3H2,1-2H3/b27-14+,28-23-. The Hall–Kier alpha value is -2.90. The van der Waals surface area contributed by atoms with Crippen molar-refractivity contribution in [3.63, 3.8) is 0 Å². The van der Waals surface area contributed by atoms with Gasteiger partial charge in [0.05, 0.1) is 22.8 Å². The fourth-order valence-electron chi connectivity index (χ4n) is 3.74. The van der Waals surface area contributed by atoms with Crippen LogP contribution >= 0.6 is 27.7 Å². The van der Waals surface area contributed by atoms with E-state index in [1.165, 1.54) is 9.79 Å². The summed E-state index contributed by atoms with van der Waals surface area (Å²) in [5.41, 5.74) is 5.91. The highest BCUT2D eigenvalue weighted by Crippen LogP contribution is 2.44. The first-order chi connectivity index (χ1) is 15.0. The zero-order chi connectivity index (χ0) is 21.5. The van der Waals surface area contributed by atoms with E-state index in [2.05, 4.69) is 55.7 Å². The minimum Gasteiger partial charge on any atom is -0.354 e. The molecule has 0 bridgehead atoms. The van der Waals surface area contributed by atoms with Gasteiger partial charge in [-0.15, -0.1) is 5.10 Å². The van der Waals surface area contributed by atoms with E-state index in [4.69, 9.17) is 0 Å². The van der Waals surface area contributed by atoms with Gasteiger partial charge in [-0.25, -0.2) is 0 Å². The summed E-state index contributed by atoms with van der Waals surface area (Å²) in [4.78, 5) is 17.0. The molecule has 7 heteroatoms. The normalized spacial score (nSPS) is 16.1. The van der Waals surface area contributed by atoms with Crippen LogP contribution in [0.4, 0.5) is 17.1 Å². The fraction of sp³-hybridized carbons (Fsp3) is 0.125. The summed E-state index contributed by atoms with van der Waals surface area (Å²) in [5, 5.41) is 12.3. The highest BCUT2D eigenvalue weighted by Gasteiger charge is 2.33. The number of likely N-dealkylation sites (N-methyl/N-ethyl adjacent to an activating group) is 1. The van der Waals surface area contributed by atoms with E-state index >= 15 is 0 Å². The van der Waals surface area contributed by atoms with Crippen molar-refractivity contribution < 1.29 is 4.79 Å². The summed E-state index contributed by atoms with van der Waals surface area (Å²) < 4.78 is 0.906. The van der Waals surface area contributed by atoms with Gasteiger partial charge in [-0.1, -0.05) is 45.9 Å². The van der Waals surface area contributed by atoms with Crippen molar-refractivity contribution >= 4 is 62.1 Å². The Bertz CT molecular complexity index is 1280. The van der Waals surface area contributed by atoms with Crippen molar-refractivity contribution in [3.05, 3.63) is 76.3 Å². The van der Waals surface area contributed by atoms with Crippen LogP contribution in [0.15, 0.2) is 85.1 Å². The lowest BCUT2D eigenvalue weighted by atomic mass is 10.1. The monoisotopic (exact) mass is 490 g/mol. The van der Waals surface area contributed by atoms with E-state index in [1.54, 1.807) is 16.7 Å². The average molecular weight is 491 g/mol. The molecule has 154 valence electrons. The van der Waals surface area contributed by atoms with Crippen molar-refractivity contribution in [2.45, 2.75) is 23.6 Å². The van der Waals surface area contributed by atoms with Crippen LogP contribution in [0.5, 0.6) is 0 Å². The van der Waals surface area contributed by atoms with Crippen molar-refractivity contribution in [1.29, 1.82) is 0 Å². The Balaban J connectivity index is 1.47. The largest absolute Gasteiger partial charge is 0.354 e. The number of fused-ring (bicyclic) bond motifs is 3. The van der Waals surface area contributed by atoms with E-state index in [1.807, 2.05) is 50.2 Å². The number of anilines is 3. The van der Waals surface area contributed by atoms with Crippen LogP contribution < -0.4 is 10.2 Å². The second-order valence-electron chi connectivity index (χ2n) is 7.28. The summed E-state index contributed by atoms with van der Waals surface area (Å²) in [6, 6.07) is 20.3. The fourth-order valence-corrected chi connectivity index (χ4v) is 5.07. The number of nitrogens with zero attached hydrogens (tertiary/aromatic N) is 3. The SMILES string of the molecule is CCN1C(=O)/C(=N\N=C(/C)c2ccc3c(c2)Nc2ccccc2S3)c2cc(Br)ccc21. The minimum atomic E-state index is -0.118. The Morgan fingerprint density at radius 3 is 2.71 bits per heavy atom. The minimum absolute atomic E-state index is 0.118. The molecule has 2 aliphatic rings. The molecule has 0 aromatic heterocycles. The zero-order valence-electron chi connectivity index (χ0n) is 17.0. The summed E-state index contributed by atoms with van der Waals surface area (Å²) >= 11 is 5.24. The molecule has 0 unspecified atom stereocenters. The van der Waals surface area contributed by atoms with E-state index in [0.717, 1.165) is 38.4 Å². The van der Waals surface area contributed by atoms with Crippen LogP contribution in [-0.4, -0.2) is 23.9 Å². The summed E-state index contributed by atoms with van der Waals surface area (Å²) in [6.07, 6.45) is 0. The van der Waals surface area contributed by atoms with Gasteiger partial charge in [0.1, 0.15) is 0 Å². The Morgan fingerprint density at radius 1 is 1.06 bits per heavy atom. The molecule has 0 atom stereocenters. The van der Waals surface area contributed by atoms with Crippen LogP contribution in [0.1, 0.15) is 25.0 Å². The third-order valence-corrected chi connectivity index (χ3v) is 6.99. The summed E-state index contributed by atoms with van der Waals surface area (Å²) in [6.45, 7) is 4.46. The Labute approximate surface area is 193 Å². The van der Waals surface area contributed by atoms with Crippen molar-refractivity contribution in [2.24, 2.45) is 10.2 Å². The lowest BCUT2D eigenvalue weighted by Gasteiger charge is -2.21. The molecule has 0 saturated heterocycles. The lowest BCUT2D eigenvalue weighted by Crippen LogP contribution is -2.29. The van der Waals surface area contributed by atoms with Crippen LogP contribution in [0.2, 0.25) is 0 Å². The van der Waals surface area contributed by atoms with Gasteiger partial charge in [-0.2, -0.15) is 5.10 Å². The number of carbonyl (C=O) groups excluding carboxylic acids is 1. The van der Waals surface area contributed by atoms with E-state index in [-0.39, 0.29) is 5.91 Å². The van der Waals surface area contributed by atoms with Gasteiger partial charge in [0.2, 0.25) is 0 Å². The highest BCUT2D eigenvalue weighted by molar-refractivity contribution is 9.10. The van der Waals surface area contributed by atoms with Gasteiger partial charge in [0.15, 0.2) is 5.71 Å². The van der Waals surface area contributed by atoms with Crippen LogP contribution in [0.25, 0.3) is 0 Å². The van der Waals surface area contributed by atoms with Gasteiger partial charge in [-0.3, -0.25) is 4.79 Å². The first-order valence-electron chi connectivity index (χ1n) is 9.97. The maximum absolute atomic E-state index is 12.9. The van der Waals surface area contributed by atoms with E-state index in [9.17, 15) is 4.79 Å². The average Bonchev–Trinajstić information content (AvgIpc) is 3.05. The molecule has 1 amide bonds. The maximum atomic E-state index is 12.9. The molecule has 5 nitrogen and oxygen atoms in total. The molecule has 3 aromatic rings. The zero-order valence-corrected chi connectivity index (χ0v) is 19.4. The second-order valence-corrected chi connectivity index (χ2v) is 9.28. The smallest absolute Gasteiger partial charge is 0.279 e. The van der Waals surface area contributed by atoms with Crippen molar-refractivity contribution in [2.75, 3.05) is 16.8 Å². The van der Waals surface area contributed by atoms with Crippen molar-refractivity contribution in [3.8, 4) is 0 Å². The first kappa shape index (κ1) is 20.0. The van der Waals surface area contributed by atoms with Gasteiger partial charge in [0, 0.05) is 26.4 Å². The van der Waals surface area contributed by atoms with Gasteiger partial charge in [-0.05, 0) is 61.9 Å². The number of nitrogens with one attached hydrogen (secondary N) is 1. The molecule has 2 heterocycles. The highest BCUT2D eigenvalue weighted by atomic mass is 79.9. The molecule has 31 heavy (non-hydrogen) atoms. The van der Waals surface area contributed by atoms with Gasteiger partial charge >= 0.3 is 0 Å². The van der Waals surface area contributed by atoms with Crippen LogP contribution in [0.3, 0.4) is 0 Å². The topological polar surface area (TPSA) is 57.1 Å². The molecule has 0 radical (unpaired) electrons. The molecule has 0 aliphatic carbocycles. The van der Waals surface area contributed by atoms with E-state index in [0.29, 0.717) is 12.3 Å². The number of para-hydroxylation sites is 1. The lowest BCUT2D eigenvalue weighted by molar-refractivity contribution is -0.112. The third kappa shape index (κ3) is 3.58. The van der Waals surface area contributed by atoms with Gasteiger partial charge < -0.3 is 10.2 Å². The molecule has 5 rings (SSSR count). The van der Waals surface area contributed by atoms with Gasteiger partial charge in [0.25, 0.3) is 5.91 Å². The summed E-state index contributed by atoms with van der Waals surface area (Å²) in [7, 11) is 0. The third-order valence-electron chi connectivity index (χ3n) is 5.34. The number of halogens is 1. The number of hydrogen-bond donors (Lipinski definition) is 1. The first-order valence-corrected chi connectivity index (χ1v) is 11.6.